The lowest BCUT2D eigenvalue weighted by Crippen LogP contribution is -2.48. The normalized spacial score (nSPS) is 19.6. The van der Waals surface area contributed by atoms with Crippen LogP contribution in [0.2, 0.25) is 0 Å². The van der Waals surface area contributed by atoms with E-state index in [0.29, 0.717) is 19.6 Å². The van der Waals surface area contributed by atoms with Gasteiger partial charge in [0.05, 0.1) is 11.8 Å². The van der Waals surface area contributed by atoms with Gasteiger partial charge in [-0.15, -0.1) is 0 Å². The quantitative estimate of drug-likeness (QED) is 0.929. The molecule has 3 rings (SSSR count). The monoisotopic (exact) mass is 331 g/mol. The Hall–Kier alpha value is -1.76. The van der Waals surface area contributed by atoms with Gasteiger partial charge in [-0.2, -0.15) is 4.31 Å². The third-order valence-electron chi connectivity index (χ3n) is 4.05. The Kier molecular flexibility index (Phi) is 4.75. The molecule has 1 aliphatic heterocycles. The number of rotatable bonds is 4. The van der Waals surface area contributed by atoms with E-state index in [9.17, 15) is 8.42 Å². The lowest BCUT2D eigenvalue weighted by molar-refractivity contribution is 0.271. The van der Waals surface area contributed by atoms with Gasteiger partial charge in [-0.1, -0.05) is 35.9 Å². The van der Waals surface area contributed by atoms with Crippen LogP contribution in [0.1, 0.15) is 22.7 Å². The van der Waals surface area contributed by atoms with Crippen LogP contribution < -0.4 is 5.32 Å². The summed E-state index contributed by atoms with van der Waals surface area (Å²) in [4.78, 5) is 4.12. The molecule has 5 nitrogen and oxygen atoms in total. The van der Waals surface area contributed by atoms with Crippen LogP contribution >= 0.6 is 0 Å². The molecule has 1 aromatic heterocycles. The Morgan fingerprint density at radius 2 is 2.17 bits per heavy atom. The number of hydrogen-bond donors (Lipinski definition) is 1. The molecular weight excluding hydrogens is 310 g/mol. The lowest BCUT2D eigenvalue weighted by atomic mass is 10.1. The first-order chi connectivity index (χ1) is 11.1. The van der Waals surface area contributed by atoms with Crippen LogP contribution in [0.15, 0.2) is 48.8 Å². The van der Waals surface area contributed by atoms with E-state index >= 15 is 0 Å². The van der Waals surface area contributed by atoms with Crippen molar-refractivity contribution in [3.63, 3.8) is 0 Å². The summed E-state index contributed by atoms with van der Waals surface area (Å²) in [5.74, 6) is 0.0332. The standard InChI is InChI=1S/C17H21N3O2S/c1-14-4-2-5-15(10-14)13-23(21,22)20-9-8-19-12-17(20)16-6-3-7-18-11-16/h2-7,10-11,17,19H,8-9,12-13H2,1H3. The molecule has 1 atom stereocenters. The van der Waals surface area contributed by atoms with Crippen molar-refractivity contribution < 1.29 is 8.42 Å². The van der Waals surface area contributed by atoms with Gasteiger partial charge in [-0.25, -0.2) is 8.42 Å². The topological polar surface area (TPSA) is 62.3 Å². The molecule has 1 N–H and O–H groups in total. The number of benzene rings is 1. The first-order valence-electron chi connectivity index (χ1n) is 7.72. The molecule has 0 radical (unpaired) electrons. The molecule has 23 heavy (non-hydrogen) atoms. The molecule has 6 heteroatoms. The van der Waals surface area contributed by atoms with Crippen molar-refractivity contribution in [1.82, 2.24) is 14.6 Å². The average molecular weight is 331 g/mol. The van der Waals surface area contributed by atoms with Crippen molar-refractivity contribution in [2.45, 2.75) is 18.7 Å². The zero-order valence-corrected chi connectivity index (χ0v) is 14.0. The number of pyridine rings is 1. The molecule has 122 valence electrons. The second-order valence-electron chi connectivity index (χ2n) is 5.86. The fourth-order valence-electron chi connectivity index (χ4n) is 2.97. The minimum Gasteiger partial charge on any atom is -0.313 e. The minimum absolute atomic E-state index is 0.0332. The van der Waals surface area contributed by atoms with Crippen LogP contribution in [-0.2, 0) is 15.8 Å². The maximum Gasteiger partial charge on any atom is 0.218 e. The fraction of sp³-hybridized carbons (Fsp3) is 0.353. The summed E-state index contributed by atoms with van der Waals surface area (Å²) in [5, 5.41) is 3.27. The summed E-state index contributed by atoms with van der Waals surface area (Å²) in [6.45, 7) is 3.73. The third kappa shape index (κ3) is 3.77. The Morgan fingerprint density at radius 1 is 1.30 bits per heavy atom. The highest BCUT2D eigenvalue weighted by Gasteiger charge is 2.33. The van der Waals surface area contributed by atoms with E-state index in [2.05, 4.69) is 10.3 Å². The van der Waals surface area contributed by atoms with Crippen molar-refractivity contribution in [3.05, 3.63) is 65.5 Å². The van der Waals surface area contributed by atoms with Gasteiger partial charge in [0.15, 0.2) is 0 Å². The summed E-state index contributed by atoms with van der Waals surface area (Å²) in [7, 11) is -3.38. The molecule has 1 fully saturated rings. The third-order valence-corrected chi connectivity index (χ3v) is 5.90. The Labute approximate surface area is 137 Å². The van der Waals surface area contributed by atoms with Gasteiger partial charge in [0.1, 0.15) is 0 Å². The molecule has 0 saturated carbocycles. The number of sulfonamides is 1. The van der Waals surface area contributed by atoms with Crippen LogP contribution in [0.25, 0.3) is 0 Å². The van der Waals surface area contributed by atoms with Gasteiger partial charge in [0.25, 0.3) is 0 Å². The van der Waals surface area contributed by atoms with E-state index in [0.717, 1.165) is 16.7 Å². The van der Waals surface area contributed by atoms with Gasteiger partial charge in [0.2, 0.25) is 10.0 Å². The zero-order chi connectivity index (χ0) is 16.3. The van der Waals surface area contributed by atoms with Crippen molar-refractivity contribution >= 4 is 10.0 Å². The van der Waals surface area contributed by atoms with E-state index in [1.807, 2.05) is 43.3 Å². The predicted octanol–water partition coefficient (Wildman–Crippen LogP) is 1.87. The van der Waals surface area contributed by atoms with Crippen molar-refractivity contribution in [3.8, 4) is 0 Å². The van der Waals surface area contributed by atoms with Crippen molar-refractivity contribution in [2.24, 2.45) is 0 Å². The Balaban J connectivity index is 1.87. The van der Waals surface area contributed by atoms with Gasteiger partial charge < -0.3 is 5.32 Å². The number of aryl methyl sites for hydroxylation is 1. The number of hydrogen-bond acceptors (Lipinski definition) is 4. The van der Waals surface area contributed by atoms with E-state index in [1.165, 1.54) is 0 Å². The zero-order valence-electron chi connectivity index (χ0n) is 13.1. The largest absolute Gasteiger partial charge is 0.313 e. The van der Waals surface area contributed by atoms with Crippen LogP contribution in [0.5, 0.6) is 0 Å². The summed E-state index contributed by atoms with van der Waals surface area (Å²) in [5.41, 5.74) is 2.82. The number of nitrogens with one attached hydrogen (secondary N) is 1. The summed E-state index contributed by atoms with van der Waals surface area (Å²) in [6.07, 6.45) is 3.44. The molecule has 0 amide bonds. The number of piperazine rings is 1. The van der Waals surface area contributed by atoms with Gasteiger partial charge >= 0.3 is 0 Å². The van der Waals surface area contributed by atoms with Gasteiger partial charge in [0, 0.05) is 32.0 Å². The minimum atomic E-state index is -3.38. The van der Waals surface area contributed by atoms with Crippen LogP contribution in [0.4, 0.5) is 0 Å². The van der Waals surface area contributed by atoms with E-state index < -0.39 is 10.0 Å². The van der Waals surface area contributed by atoms with Crippen molar-refractivity contribution in [1.29, 1.82) is 0 Å². The van der Waals surface area contributed by atoms with E-state index in [-0.39, 0.29) is 11.8 Å². The highest BCUT2D eigenvalue weighted by molar-refractivity contribution is 7.88. The van der Waals surface area contributed by atoms with Gasteiger partial charge in [-0.05, 0) is 24.1 Å². The molecule has 1 aromatic carbocycles. The fourth-order valence-corrected chi connectivity index (χ4v) is 4.69. The second kappa shape index (κ2) is 6.78. The summed E-state index contributed by atoms with van der Waals surface area (Å²) < 4.78 is 27.5. The molecule has 0 spiro atoms. The van der Waals surface area contributed by atoms with Crippen molar-refractivity contribution in [2.75, 3.05) is 19.6 Å². The smallest absolute Gasteiger partial charge is 0.218 e. The molecule has 2 heterocycles. The first-order valence-corrected chi connectivity index (χ1v) is 9.33. The number of aromatic nitrogens is 1. The summed E-state index contributed by atoms with van der Waals surface area (Å²) in [6, 6.07) is 11.2. The molecule has 1 unspecified atom stereocenters. The first kappa shape index (κ1) is 16.1. The summed E-state index contributed by atoms with van der Waals surface area (Å²) >= 11 is 0. The number of nitrogens with zero attached hydrogens (tertiary/aromatic N) is 2. The Morgan fingerprint density at radius 3 is 2.91 bits per heavy atom. The SMILES string of the molecule is Cc1cccc(CS(=O)(=O)N2CCNCC2c2cccnc2)c1. The highest BCUT2D eigenvalue weighted by atomic mass is 32.2. The molecule has 0 aliphatic carbocycles. The van der Waals surface area contributed by atoms with Crippen LogP contribution in [0.3, 0.4) is 0 Å². The van der Waals surface area contributed by atoms with Crippen LogP contribution in [0, 0.1) is 6.92 Å². The molecular formula is C17H21N3O2S. The highest BCUT2D eigenvalue weighted by Crippen LogP contribution is 2.26. The lowest BCUT2D eigenvalue weighted by Gasteiger charge is -2.35. The van der Waals surface area contributed by atoms with E-state index in [1.54, 1.807) is 16.7 Å². The average Bonchev–Trinajstić information content (AvgIpc) is 2.55. The van der Waals surface area contributed by atoms with Crippen LogP contribution in [-0.4, -0.2) is 37.3 Å². The molecule has 2 aromatic rings. The molecule has 1 saturated heterocycles. The van der Waals surface area contributed by atoms with Gasteiger partial charge in [-0.3, -0.25) is 4.98 Å². The Bertz CT molecular complexity index is 762. The van der Waals surface area contributed by atoms with E-state index in [4.69, 9.17) is 0 Å². The predicted molar refractivity (Wildman–Crippen MR) is 90.4 cm³/mol. The molecule has 0 bridgehead atoms. The maximum atomic E-state index is 12.9. The molecule has 1 aliphatic rings. The maximum absolute atomic E-state index is 12.9. The second-order valence-corrected chi connectivity index (χ2v) is 7.78.